The van der Waals surface area contributed by atoms with Gasteiger partial charge in [0.25, 0.3) is 0 Å². The highest BCUT2D eigenvalue weighted by Gasteiger charge is 2.05. The molecule has 0 saturated carbocycles. The first kappa shape index (κ1) is 13.0. The second kappa shape index (κ2) is 5.87. The summed E-state index contributed by atoms with van der Waals surface area (Å²) in [7, 11) is 8.13. The van der Waals surface area contributed by atoms with Gasteiger partial charge in [-0.25, -0.2) is 0 Å². The molecule has 1 aromatic rings. The number of nitrogens with zero attached hydrogens (tertiary/aromatic N) is 2. The average Bonchev–Trinajstić information content (AvgIpc) is 2.15. The Hall–Kier alpha value is -1.06. The van der Waals surface area contributed by atoms with Crippen LogP contribution in [0.15, 0.2) is 18.2 Å². The summed E-state index contributed by atoms with van der Waals surface area (Å²) in [4.78, 5) is 4.16. The predicted molar refractivity (Wildman–Crippen MR) is 67.8 cm³/mol. The van der Waals surface area contributed by atoms with Gasteiger partial charge in [0.15, 0.2) is 0 Å². The molecule has 0 amide bonds. The highest BCUT2D eigenvalue weighted by atomic mass is 16.5. The topological polar surface area (TPSA) is 15.7 Å². The van der Waals surface area contributed by atoms with E-state index in [2.05, 4.69) is 44.1 Å². The second-order valence-electron chi connectivity index (χ2n) is 4.70. The minimum Gasteiger partial charge on any atom is -0.478 e. The monoisotopic (exact) mass is 222 g/mol. The average molecular weight is 222 g/mol. The van der Waals surface area contributed by atoms with Crippen molar-refractivity contribution in [2.45, 2.75) is 13.5 Å². The van der Waals surface area contributed by atoms with Crippen molar-refractivity contribution in [2.75, 3.05) is 34.9 Å². The first-order valence-electron chi connectivity index (χ1n) is 5.51. The van der Waals surface area contributed by atoms with Crippen molar-refractivity contribution in [1.82, 2.24) is 9.80 Å². The molecule has 0 unspecified atom stereocenters. The molecule has 1 rings (SSSR count). The maximum Gasteiger partial charge on any atom is 0.141 e. The molecule has 0 spiro atoms. The third-order valence-corrected chi connectivity index (χ3v) is 2.18. The molecule has 1 aromatic carbocycles. The van der Waals surface area contributed by atoms with Crippen molar-refractivity contribution >= 4 is 0 Å². The minimum absolute atomic E-state index is 0.615. The summed E-state index contributed by atoms with van der Waals surface area (Å²) in [6.45, 7) is 3.63. The largest absolute Gasteiger partial charge is 0.478 e. The Morgan fingerprint density at radius 3 is 2.31 bits per heavy atom. The van der Waals surface area contributed by atoms with Gasteiger partial charge in [-0.05, 0) is 41.2 Å². The third kappa shape index (κ3) is 4.21. The maximum atomic E-state index is 5.75. The van der Waals surface area contributed by atoms with E-state index in [1.165, 1.54) is 11.1 Å². The lowest BCUT2D eigenvalue weighted by Crippen LogP contribution is -2.19. The summed E-state index contributed by atoms with van der Waals surface area (Å²) in [6.07, 6.45) is 0. The molecule has 0 aromatic heterocycles. The number of benzene rings is 1. The fourth-order valence-corrected chi connectivity index (χ4v) is 1.51. The summed E-state index contributed by atoms with van der Waals surface area (Å²) < 4.78 is 5.75. The zero-order valence-electron chi connectivity index (χ0n) is 10.9. The summed E-state index contributed by atoms with van der Waals surface area (Å²) in [5.74, 6) is 0.980. The van der Waals surface area contributed by atoms with E-state index in [-0.39, 0.29) is 0 Å². The minimum atomic E-state index is 0.615. The lowest BCUT2D eigenvalue weighted by atomic mass is 10.1. The van der Waals surface area contributed by atoms with E-state index in [0.29, 0.717) is 6.73 Å². The van der Waals surface area contributed by atoms with Crippen LogP contribution in [0, 0.1) is 6.92 Å². The zero-order valence-corrected chi connectivity index (χ0v) is 10.9. The van der Waals surface area contributed by atoms with Gasteiger partial charge < -0.3 is 9.64 Å². The van der Waals surface area contributed by atoms with Gasteiger partial charge >= 0.3 is 0 Å². The van der Waals surface area contributed by atoms with Gasteiger partial charge in [0.05, 0.1) is 0 Å². The molecule has 3 nitrogen and oxygen atoms in total. The van der Waals surface area contributed by atoms with Crippen LogP contribution in [0.2, 0.25) is 0 Å². The molecule has 0 radical (unpaired) electrons. The van der Waals surface area contributed by atoms with E-state index >= 15 is 0 Å². The molecule has 3 heteroatoms. The highest BCUT2D eigenvalue weighted by Crippen LogP contribution is 2.21. The molecule has 0 bridgehead atoms. The molecule has 90 valence electrons. The van der Waals surface area contributed by atoms with Crippen LogP contribution in [-0.4, -0.2) is 44.7 Å². The van der Waals surface area contributed by atoms with Crippen molar-refractivity contribution in [3.63, 3.8) is 0 Å². The predicted octanol–water partition coefficient (Wildman–Crippen LogP) is 1.95. The Kier molecular flexibility index (Phi) is 4.77. The quantitative estimate of drug-likeness (QED) is 0.708. The lowest BCUT2D eigenvalue weighted by molar-refractivity contribution is 0.176. The molecular formula is C13H22N2O. The van der Waals surface area contributed by atoms with Gasteiger partial charge in [-0.1, -0.05) is 17.7 Å². The van der Waals surface area contributed by atoms with E-state index in [0.717, 1.165) is 12.3 Å². The molecular weight excluding hydrogens is 200 g/mol. The Bertz CT molecular complexity index is 335. The smallest absolute Gasteiger partial charge is 0.141 e. The van der Waals surface area contributed by atoms with Gasteiger partial charge in [0.2, 0.25) is 0 Å². The van der Waals surface area contributed by atoms with Crippen LogP contribution >= 0.6 is 0 Å². The van der Waals surface area contributed by atoms with E-state index in [1.807, 2.05) is 19.0 Å². The van der Waals surface area contributed by atoms with Crippen molar-refractivity contribution < 1.29 is 4.74 Å². The number of hydrogen-bond donors (Lipinski definition) is 0. The number of aryl methyl sites for hydroxylation is 1. The first-order valence-corrected chi connectivity index (χ1v) is 5.51. The van der Waals surface area contributed by atoms with E-state index < -0.39 is 0 Å². The lowest BCUT2D eigenvalue weighted by Gasteiger charge is -2.17. The molecule has 0 aliphatic rings. The third-order valence-electron chi connectivity index (χ3n) is 2.18. The van der Waals surface area contributed by atoms with Crippen molar-refractivity contribution in [3.8, 4) is 5.75 Å². The van der Waals surface area contributed by atoms with Crippen LogP contribution in [0.25, 0.3) is 0 Å². The number of rotatable bonds is 5. The van der Waals surface area contributed by atoms with Crippen LogP contribution < -0.4 is 4.74 Å². The molecule has 0 aliphatic heterocycles. The fraction of sp³-hybridized carbons (Fsp3) is 0.538. The standard InChI is InChI=1S/C13H22N2O/c1-11-6-7-13(16-10-15(4)5)12(8-11)9-14(2)3/h6-8H,9-10H2,1-5H3. The highest BCUT2D eigenvalue weighted by molar-refractivity contribution is 5.36. The molecule has 0 fully saturated rings. The van der Waals surface area contributed by atoms with Gasteiger partial charge in [0, 0.05) is 12.1 Å². The van der Waals surface area contributed by atoms with E-state index in [9.17, 15) is 0 Å². The zero-order chi connectivity index (χ0) is 12.1. The Labute approximate surface area is 98.6 Å². The number of ether oxygens (including phenoxy) is 1. The second-order valence-corrected chi connectivity index (χ2v) is 4.70. The Balaban J connectivity index is 2.80. The maximum absolute atomic E-state index is 5.75. The molecule has 0 N–H and O–H groups in total. The molecule has 0 heterocycles. The van der Waals surface area contributed by atoms with E-state index in [1.54, 1.807) is 0 Å². The fourth-order valence-electron chi connectivity index (χ4n) is 1.51. The van der Waals surface area contributed by atoms with Gasteiger partial charge in [-0.3, -0.25) is 4.90 Å². The summed E-state index contributed by atoms with van der Waals surface area (Å²) in [5, 5.41) is 0. The van der Waals surface area contributed by atoms with Gasteiger partial charge in [-0.15, -0.1) is 0 Å². The molecule has 0 atom stereocenters. The Morgan fingerprint density at radius 2 is 1.75 bits per heavy atom. The van der Waals surface area contributed by atoms with Crippen LogP contribution in [0.4, 0.5) is 0 Å². The van der Waals surface area contributed by atoms with Crippen LogP contribution in [-0.2, 0) is 6.54 Å². The van der Waals surface area contributed by atoms with Crippen LogP contribution in [0.5, 0.6) is 5.75 Å². The van der Waals surface area contributed by atoms with Crippen molar-refractivity contribution in [3.05, 3.63) is 29.3 Å². The SMILES string of the molecule is Cc1ccc(OCN(C)C)c(CN(C)C)c1. The molecule has 0 saturated heterocycles. The van der Waals surface area contributed by atoms with Crippen LogP contribution in [0.3, 0.4) is 0 Å². The van der Waals surface area contributed by atoms with Crippen molar-refractivity contribution in [1.29, 1.82) is 0 Å². The van der Waals surface area contributed by atoms with Crippen molar-refractivity contribution in [2.24, 2.45) is 0 Å². The van der Waals surface area contributed by atoms with Crippen LogP contribution in [0.1, 0.15) is 11.1 Å². The normalized spacial score (nSPS) is 11.2. The molecule has 16 heavy (non-hydrogen) atoms. The summed E-state index contributed by atoms with van der Waals surface area (Å²) in [5.41, 5.74) is 2.51. The van der Waals surface area contributed by atoms with Gasteiger partial charge in [0.1, 0.15) is 12.5 Å². The van der Waals surface area contributed by atoms with E-state index in [4.69, 9.17) is 4.74 Å². The first-order chi connectivity index (χ1) is 7.49. The summed E-state index contributed by atoms with van der Waals surface area (Å²) in [6, 6.07) is 6.33. The number of hydrogen-bond acceptors (Lipinski definition) is 3. The molecule has 0 aliphatic carbocycles. The Morgan fingerprint density at radius 1 is 1.06 bits per heavy atom. The summed E-state index contributed by atoms with van der Waals surface area (Å²) >= 11 is 0. The van der Waals surface area contributed by atoms with Gasteiger partial charge in [-0.2, -0.15) is 0 Å².